The molecule has 3 aliphatic rings. The van der Waals surface area contributed by atoms with E-state index in [9.17, 15) is 0 Å². The van der Waals surface area contributed by atoms with Crippen LogP contribution in [-0.2, 0) is 11.8 Å². The Morgan fingerprint density at radius 1 is 0.533 bits per heavy atom. The number of fused-ring (bicyclic) bond motifs is 8. The van der Waals surface area contributed by atoms with E-state index in [2.05, 4.69) is 217 Å². The summed E-state index contributed by atoms with van der Waals surface area (Å²) in [5.41, 5.74) is 21.7. The number of rotatable bonds is 5. The van der Waals surface area contributed by atoms with E-state index in [1.165, 1.54) is 105 Å². The minimum absolute atomic E-state index is 0.273. The Kier molecular flexibility index (Phi) is 7.01. The number of aromatic nitrogens is 1. The first kappa shape index (κ1) is 33.5. The lowest BCUT2D eigenvalue weighted by Gasteiger charge is -2.37. The normalized spacial score (nSPS) is 16.9. The van der Waals surface area contributed by atoms with Gasteiger partial charge in [-0.3, -0.25) is 0 Å². The molecule has 9 aromatic carbocycles. The molecule has 0 bridgehead atoms. The van der Waals surface area contributed by atoms with E-state index >= 15 is 0 Å². The first-order chi connectivity index (χ1) is 29.6. The Hall–Kier alpha value is -7.42. The first-order valence-corrected chi connectivity index (χ1v) is 21.2. The summed E-state index contributed by atoms with van der Waals surface area (Å²) in [6, 6.07) is 69.8. The molecule has 1 N–H and O–H groups in total. The van der Waals surface area contributed by atoms with E-state index in [0.717, 1.165) is 17.8 Å². The molecule has 1 aromatic heterocycles. The molecule has 1 aliphatic heterocycles. The maximum atomic E-state index is 3.81. The lowest BCUT2D eigenvalue weighted by atomic mass is 9.65. The molecule has 13 rings (SSSR count). The summed E-state index contributed by atoms with van der Waals surface area (Å²) in [6.45, 7) is 2.54. The van der Waals surface area contributed by atoms with Gasteiger partial charge in [-0.2, -0.15) is 0 Å². The molecule has 2 nitrogen and oxygen atoms in total. The molecule has 0 spiro atoms. The molecule has 282 valence electrons. The summed E-state index contributed by atoms with van der Waals surface area (Å²) in [5, 5.41) is 8.85. The molecule has 60 heavy (non-hydrogen) atoms. The van der Waals surface area contributed by atoms with Crippen LogP contribution in [0.3, 0.4) is 0 Å². The van der Waals surface area contributed by atoms with Crippen molar-refractivity contribution in [2.24, 2.45) is 5.92 Å². The molecule has 2 heteroatoms. The summed E-state index contributed by atoms with van der Waals surface area (Å²) in [4.78, 5) is 0. The van der Waals surface area contributed by atoms with Gasteiger partial charge < -0.3 is 9.88 Å². The van der Waals surface area contributed by atoms with E-state index in [1.54, 1.807) is 0 Å². The smallest absolute Gasteiger partial charge is 0.0629 e. The lowest BCUT2D eigenvalue weighted by molar-refractivity contribution is 0.420. The van der Waals surface area contributed by atoms with Gasteiger partial charge in [-0.1, -0.05) is 171 Å². The highest BCUT2D eigenvalue weighted by atomic mass is 15.0. The Labute approximate surface area is 349 Å². The zero-order chi connectivity index (χ0) is 39.5. The third-order valence-electron chi connectivity index (χ3n) is 14.0. The second-order valence-corrected chi connectivity index (χ2v) is 17.0. The van der Waals surface area contributed by atoms with Crippen LogP contribution in [-0.4, -0.2) is 4.57 Å². The quantitative estimate of drug-likeness (QED) is 0.185. The predicted molar refractivity (Wildman–Crippen MR) is 252 cm³/mol. The van der Waals surface area contributed by atoms with E-state index in [0.29, 0.717) is 0 Å². The molecule has 2 atom stereocenters. The van der Waals surface area contributed by atoms with Gasteiger partial charge in [0.15, 0.2) is 0 Å². The fraction of sp³-hybridized carbons (Fsp3) is 0.0690. The molecule has 0 saturated heterocycles. The van der Waals surface area contributed by atoms with Crippen molar-refractivity contribution in [1.82, 2.24) is 4.57 Å². The SMILES string of the molecule is CC1(C2C=Cc3ccccc3C2)c2cccc3c2-c2c1cc(-c1cccc4c(Nc5ccc(-c6ccccc6)cc5)cccc14)c1c4ccccc4n(c21)-c1ccccc1-3. The number of nitrogens with one attached hydrogen (secondary N) is 1. The van der Waals surface area contributed by atoms with Gasteiger partial charge in [0.2, 0.25) is 0 Å². The van der Waals surface area contributed by atoms with Gasteiger partial charge in [0, 0.05) is 44.1 Å². The fourth-order valence-electron chi connectivity index (χ4n) is 11.2. The Morgan fingerprint density at radius 2 is 1.23 bits per heavy atom. The summed E-state index contributed by atoms with van der Waals surface area (Å²) in [5.74, 6) is 0.275. The molecular formula is C58H40N2. The van der Waals surface area contributed by atoms with Crippen LogP contribution >= 0.6 is 0 Å². The Balaban J connectivity index is 1.08. The van der Waals surface area contributed by atoms with Crippen molar-refractivity contribution in [3.63, 3.8) is 0 Å². The third-order valence-corrected chi connectivity index (χ3v) is 14.0. The zero-order valence-corrected chi connectivity index (χ0v) is 33.3. The molecule has 2 unspecified atom stereocenters. The second-order valence-electron chi connectivity index (χ2n) is 17.0. The molecule has 10 aromatic rings. The van der Waals surface area contributed by atoms with Crippen LogP contribution in [0.5, 0.6) is 0 Å². The van der Waals surface area contributed by atoms with Gasteiger partial charge in [0.1, 0.15) is 0 Å². The summed E-state index contributed by atoms with van der Waals surface area (Å²) < 4.78 is 2.60. The maximum Gasteiger partial charge on any atom is 0.0629 e. The van der Waals surface area contributed by atoms with Gasteiger partial charge in [-0.15, -0.1) is 0 Å². The summed E-state index contributed by atoms with van der Waals surface area (Å²) in [7, 11) is 0. The van der Waals surface area contributed by atoms with E-state index in [1.807, 2.05) is 0 Å². The fourth-order valence-corrected chi connectivity index (χ4v) is 11.2. The highest BCUT2D eigenvalue weighted by molar-refractivity contribution is 6.25. The topological polar surface area (TPSA) is 17.0 Å². The van der Waals surface area contributed by atoms with Crippen LogP contribution in [0, 0.1) is 5.92 Å². The number of para-hydroxylation sites is 2. The number of anilines is 2. The summed E-state index contributed by atoms with van der Waals surface area (Å²) in [6.07, 6.45) is 5.88. The minimum atomic E-state index is -0.273. The van der Waals surface area contributed by atoms with Gasteiger partial charge >= 0.3 is 0 Å². The van der Waals surface area contributed by atoms with Crippen molar-refractivity contribution in [2.75, 3.05) is 5.32 Å². The van der Waals surface area contributed by atoms with Crippen LogP contribution in [0.4, 0.5) is 11.4 Å². The number of nitrogens with zero attached hydrogens (tertiary/aromatic N) is 1. The van der Waals surface area contributed by atoms with E-state index in [4.69, 9.17) is 0 Å². The van der Waals surface area contributed by atoms with Crippen molar-refractivity contribution < 1.29 is 0 Å². The highest BCUT2D eigenvalue weighted by Crippen LogP contribution is 2.62. The summed E-state index contributed by atoms with van der Waals surface area (Å²) >= 11 is 0. The zero-order valence-electron chi connectivity index (χ0n) is 33.3. The van der Waals surface area contributed by atoms with Crippen molar-refractivity contribution in [2.45, 2.75) is 18.8 Å². The molecule has 0 amide bonds. The van der Waals surface area contributed by atoms with Crippen molar-refractivity contribution in [1.29, 1.82) is 0 Å². The van der Waals surface area contributed by atoms with Gasteiger partial charge in [0.25, 0.3) is 0 Å². The number of benzene rings is 9. The monoisotopic (exact) mass is 764 g/mol. The van der Waals surface area contributed by atoms with Crippen LogP contribution < -0.4 is 5.32 Å². The van der Waals surface area contributed by atoms with Crippen LogP contribution in [0.1, 0.15) is 29.2 Å². The number of hydrogen-bond donors (Lipinski definition) is 1. The van der Waals surface area contributed by atoms with E-state index < -0.39 is 0 Å². The van der Waals surface area contributed by atoms with Crippen LogP contribution in [0.15, 0.2) is 194 Å². The molecule has 0 radical (unpaired) electrons. The highest BCUT2D eigenvalue weighted by Gasteiger charge is 2.48. The van der Waals surface area contributed by atoms with Gasteiger partial charge in [-0.25, -0.2) is 0 Å². The second kappa shape index (κ2) is 12.5. The molecule has 0 saturated carbocycles. The number of hydrogen-bond acceptors (Lipinski definition) is 1. The van der Waals surface area contributed by atoms with Crippen LogP contribution in [0.25, 0.3) is 88.8 Å². The molecule has 0 fully saturated rings. The maximum absolute atomic E-state index is 3.81. The van der Waals surface area contributed by atoms with Gasteiger partial charge in [0.05, 0.1) is 16.7 Å². The van der Waals surface area contributed by atoms with Crippen LogP contribution in [0.2, 0.25) is 0 Å². The molecule has 2 aliphatic carbocycles. The van der Waals surface area contributed by atoms with Gasteiger partial charge in [-0.05, 0) is 110 Å². The Morgan fingerprint density at radius 3 is 2.15 bits per heavy atom. The number of allylic oxidation sites excluding steroid dienone is 1. The lowest BCUT2D eigenvalue weighted by Crippen LogP contribution is -2.33. The van der Waals surface area contributed by atoms with Crippen molar-refractivity contribution in [3.8, 4) is 50.2 Å². The Bertz CT molecular complexity index is 3440. The molecule has 2 heterocycles. The standard InChI is InChI=1S/C58H40N2/c1-58(40-31-28-37-16-5-6-17-39(37)34-40)49-24-12-23-46-45-18-7-9-26-52(45)60-53-27-10-8-19-47(53)54-48(35-50(58)56(55(46)49)57(54)60)43-20-11-22-44-42(43)21-13-25-51(44)59-41-32-29-38(30-33-41)36-14-3-2-4-15-36/h2-33,35,40,59H,34H2,1H3. The molecular weight excluding hydrogens is 725 g/mol. The van der Waals surface area contributed by atoms with Crippen molar-refractivity contribution in [3.05, 3.63) is 216 Å². The van der Waals surface area contributed by atoms with Crippen molar-refractivity contribution >= 4 is 50.0 Å². The third kappa shape index (κ3) is 4.59. The average Bonchev–Trinajstić information content (AvgIpc) is 3.74. The minimum Gasteiger partial charge on any atom is -0.355 e. The van der Waals surface area contributed by atoms with E-state index in [-0.39, 0.29) is 11.3 Å². The average molecular weight is 765 g/mol. The largest absolute Gasteiger partial charge is 0.355 e. The predicted octanol–water partition coefficient (Wildman–Crippen LogP) is 15.2. The first-order valence-electron chi connectivity index (χ1n) is 21.2.